The van der Waals surface area contributed by atoms with Gasteiger partial charge in [-0.15, -0.1) is 0 Å². The second-order valence-electron chi connectivity index (χ2n) is 7.33. The van der Waals surface area contributed by atoms with E-state index in [1.165, 1.54) is 0 Å². The lowest BCUT2D eigenvalue weighted by atomic mass is 9.39. The molecule has 4 fully saturated rings. The minimum absolute atomic E-state index is 0.344. The third-order valence-corrected chi connectivity index (χ3v) is 6.10. The Hall–Kier alpha value is -2.46. The SMILES string of the molecule is C=CC(=O)OC12C(F)C3(OC(=O)C=C)C(F)(F)C(O)(C1(F)F)C(F)(F)C(F)(C2(F)F)C3(F)F. The molecule has 17 heteroatoms. The van der Waals surface area contributed by atoms with Gasteiger partial charge in [-0.3, -0.25) is 0 Å². The molecule has 4 aliphatic rings. The van der Waals surface area contributed by atoms with Crippen molar-refractivity contribution in [3.05, 3.63) is 25.3 Å². The normalized spacial score (nSPS) is 44.6. The number of hydrogen-bond donors (Lipinski definition) is 1. The Morgan fingerprint density at radius 2 is 0.970 bits per heavy atom. The van der Waals surface area contributed by atoms with Crippen molar-refractivity contribution in [1.29, 1.82) is 0 Å². The molecular formula is C16H8F12O5. The Morgan fingerprint density at radius 1 is 0.667 bits per heavy atom. The van der Waals surface area contributed by atoms with Crippen molar-refractivity contribution in [2.75, 3.05) is 0 Å². The summed E-state index contributed by atoms with van der Waals surface area (Å²) in [4.78, 5) is 22.9. The first kappa shape index (κ1) is 25.2. The van der Waals surface area contributed by atoms with E-state index in [1.54, 1.807) is 0 Å². The van der Waals surface area contributed by atoms with Crippen LogP contribution in [0.4, 0.5) is 52.7 Å². The first-order valence-electron chi connectivity index (χ1n) is 8.22. The molecule has 33 heavy (non-hydrogen) atoms. The van der Waals surface area contributed by atoms with Crippen molar-refractivity contribution in [2.24, 2.45) is 0 Å². The fourth-order valence-corrected chi connectivity index (χ4v) is 4.56. The van der Waals surface area contributed by atoms with Gasteiger partial charge in [0.1, 0.15) is 0 Å². The van der Waals surface area contributed by atoms with E-state index in [0.717, 1.165) is 0 Å². The van der Waals surface area contributed by atoms with Gasteiger partial charge in [-0.1, -0.05) is 13.2 Å². The van der Waals surface area contributed by atoms with Gasteiger partial charge in [-0.05, 0) is 0 Å². The topological polar surface area (TPSA) is 72.8 Å². The number of aliphatic hydroxyl groups is 1. The Morgan fingerprint density at radius 3 is 1.24 bits per heavy atom. The summed E-state index contributed by atoms with van der Waals surface area (Å²) in [6, 6.07) is 0. The summed E-state index contributed by atoms with van der Waals surface area (Å²) in [6.45, 7) is 4.99. The zero-order chi connectivity index (χ0) is 26.1. The van der Waals surface area contributed by atoms with Crippen molar-refractivity contribution < 1.29 is 76.9 Å². The summed E-state index contributed by atoms with van der Waals surface area (Å²) in [5, 5.41) is 9.78. The molecule has 0 amide bonds. The maximum absolute atomic E-state index is 15.3. The fraction of sp³-hybridized carbons (Fsp3) is 0.625. The highest BCUT2D eigenvalue weighted by molar-refractivity contribution is 5.83. The Balaban J connectivity index is 2.67. The van der Waals surface area contributed by atoms with Gasteiger partial charge in [0.25, 0.3) is 16.8 Å². The van der Waals surface area contributed by atoms with Gasteiger partial charge in [0.15, 0.2) is 0 Å². The molecule has 0 radical (unpaired) electrons. The average molecular weight is 508 g/mol. The maximum atomic E-state index is 15.3. The van der Waals surface area contributed by atoms with Gasteiger partial charge >= 0.3 is 47.2 Å². The Bertz CT molecular complexity index is 867. The molecule has 0 heterocycles. The van der Waals surface area contributed by atoms with Crippen LogP contribution in [0.3, 0.4) is 0 Å². The average Bonchev–Trinajstić information content (AvgIpc) is 2.69. The zero-order valence-electron chi connectivity index (χ0n) is 15.3. The van der Waals surface area contributed by atoms with Gasteiger partial charge in [-0.2, -0.15) is 43.9 Å². The lowest BCUT2D eigenvalue weighted by Crippen LogP contribution is -3.09. The monoisotopic (exact) mass is 508 g/mol. The second kappa shape index (κ2) is 5.78. The third kappa shape index (κ3) is 1.74. The van der Waals surface area contributed by atoms with Gasteiger partial charge in [0.05, 0.1) is 0 Å². The molecule has 0 spiro atoms. The van der Waals surface area contributed by atoms with Gasteiger partial charge < -0.3 is 14.6 Å². The molecule has 4 rings (SSSR count). The van der Waals surface area contributed by atoms with Gasteiger partial charge in [0, 0.05) is 12.2 Å². The molecular weight excluding hydrogens is 500 g/mol. The largest absolute Gasteiger partial charge is 0.439 e. The molecule has 4 saturated carbocycles. The Kier molecular flexibility index (Phi) is 4.41. The maximum Gasteiger partial charge on any atom is 0.341 e. The number of rotatable bonds is 4. The first-order valence-corrected chi connectivity index (χ1v) is 8.22. The highest BCUT2D eigenvalue weighted by Gasteiger charge is 3.20. The molecule has 2 atom stereocenters. The molecule has 2 unspecified atom stereocenters. The number of carbonyl (C=O) groups is 2. The van der Waals surface area contributed by atoms with Crippen LogP contribution in [0.25, 0.3) is 0 Å². The van der Waals surface area contributed by atoms with E-state index in [-0.39, 0.29) is 12.2 Å². The van der Waals surface area contributed by atoms with E-state index in [4.69, 9.17) is 0 Å². The number of ether oxygens (including phenoxy) is 2. The van der Waals surface area contributed by atoms with Gasteiger partial charge in [0.2, 0.25) is 6.17 Å². The molecule has 0 aromatic rings. The molecule has 0 aromatic heterocycles. The molecule has 4 bridgehead atoms. The van der Waals surface area contributed by atoms with Gasteiger partial charge in [-0.25, -0.2) is 18.4 Å². The van der Waals surface area contributed by atoms with E-state index >= 15 is 8.78 Å². The van der Waals surface area contributed by atoms with Crippen molar-refractivity contribution >= 4 is 11.9 Å². The summed E-state index contributed by atoms with van der Waals surface area (Å²) in [7, 11) is 0. The standard InChI is InChI=1S/C16H8F12O5/c1-3-5(29)32-8-7(17)9(33-6(30)4-2)13(21,22)10(18,12(8,19)20)16(27,28)11(31,14(8,23)24)15(9,25)26/h3-4,7,31H,1-2H2. The van der Waals surface area contributed by atoms with E-state index in [1.807, 2.05) is 0 Å². The molecule has 4 aliphatic carbocycles. The number of carbonyl (C=O) groups excluding carboxylic acids is 2. The minimum atomic E-state index is -7.49. The lowest BCUT2D eigenvalue weighted by molar-refractivity contribution is -0.603. The van der Waals surface area contributed by atoms with Crippen molar-refractivity contribution in [2.45, 2.75) is 58.3 Å². The highest BCUT2D eigenvalue weighted by atomic mass is 19.3. The van der Waals surface area contributed by atoms with Crippen LogP contribution in [0.1, 0.15) is 0 Å². The molecule has 0 saturated heterocycles. The van der Waals surface area contributed by atoms with E-state index in [2.05, 4.69) is 22.6 Å². The van der Waals surface area contributed by atoms with Crippen molar-refractivity contribution in [3.8, 4) is 0 Å². The summed E-state index contributed by atoms with van der Waals surface area (Å²) in [5.74, 6) is -41.5. The van der Waals surface area contributed by atoms with Crippen LogP contribution in [-0.2, 0) is 19.1 Å². The molecule has 0 aliphatic heterocycles. The van der Waals surface area contributed by atoms with Crippen LogP contribution in [0, 0.1) is 0 Å². The van der Waals surface area contributed by atoms with Crippen LogP contribution in [0.5, 0.6) is 0 Å². The first-order chi connectivity index (χ1) is 14.6. The van der Waals surface area contributed by atoms with Crippen LogP contribution >= 0.6 is 0 Å². The summed E-state index contributed by atoms with van der Waals surface area (Å²) in [5.41, 5.74) is -26.9. The van der Waals surface area contributed by atoms with E-state index in [0.29, 0.717) is 0 Å². The zero-order valence-corrected chi connectivity index (χ0v) is 15.3. The molecule has 5 nitrogen and oxygen atoms in total. The van der Waals surface area contributed by atoms with Crippen LogP contribution < -0.4 is 0 Å². The third-order valence-electron chi connectivity index (χ3n) is 6.10. The number of alkyl halides is 12. The van der Waals surface area contributed by atoms with E-state index in [9.17, 15) is 58.6 Å². The predicted octanol–water partition coefficient (Wildman–Crippen LogP) is 2.92. The summed E-state index contributed by atoms with van der Waals surface area (Å²) in [6.07, 6.45) is -6.21. The Labute approximate surface area is 173 Å². The molecule has 186 valence electrons. The van der Waals surface area contributed by atoms with Crippen LogP contribution in [0.2, 0.25) is 0 Å². The second-order valence-corrected chi connectivity index (χ2v) is 7.33. The van der Waals surface area contributed by atoms with E-state index < -0.39 is 70.2 Å². The summed E-state index contributed by atoms with van der Waals surface area (Å²) >= 11 is 0. The van der Waals surface area contributed by atoms with Crippen LogP contribution in [-0.4, -0.2) is 75.3 Å². The fourth-order valence-electron chi connectivity index (χ4n) is 4.56. The predicted molar refractivity (Wildman–Crippen MR) is 76.5 cm³/mol. The number of halogens is 12. The van der Waals surface area contributed by atoms with Crippen molar-refractivity contribution in [1.82, 2.24) is 0 Å². The highest BCUT2D eigenvalue weighted by Crippen LogP contribution is 2.85. The van der Waals surface area contributed by atoms with Crippen molar-refractivity contribution in [3.63, 3.8) is 0 Å². The lowest BCUT2D eigenvalue weighted by Gasteiger charge is -2.75. The number of esters is 2. The minimum Gasteiger partial charge on any atom is -0.439 e. The summed E-state index contributed by atoms with van der Waals surface area (Å²) < 4.78 is 186. The van der Waals surface area contributed by atoms with Crippen LogP contribution in [0.15, 0.2) is 25.3 Å². The molecule has 0 aromatic carbocycles. The number of hydrogen-bond acceptors (Lipinski definition) is 5. The smallest absolute Gasteiger partial charge is 0.341 e. The quantitative estimate of drug-likeness (QED) is 0.360. The molecule has 1 N–H and O–H groups in total.